The molecule has 0 spiro atoms. The molecule has 1 aromatic rings. The standard InChI is InChI=1S/C14H20N2O/c1-10-3-4-13(11(2)7-10)16-14(17)8-12-5-6-15-9-12/h3-4,7,12,15H,5-6,8-9H2,1-2H3,(H,16,17). The molecule has 1 fully saturated rings. The van der Waals surface area contributed by atoms with Crippen LogP contribution in [0, 0.1) is 19.8 Å². The van der Waals surface area contributed by atoms with E-state index in [1.54, 1.807) is 0 Å². The summed E-state index contributed by atoms with van der Waals surface area (Å²) in [5.74, 6) is 0.631. The molecule has 1 aromatic carbocycles. The molecule has 1 aliphatic heterocycles. The number of hydrogen-bond acceptors (Lipinski definition) is 2. The molecule has 2 N–H and O–H groups in total. The molecule has 1 unspecified atom stereocenters. The number of amides is 1. The molecule has 0 aromatic heterocycles. The van der Waals surface area contributed by atoms with Crippen LogP contribution in [0.5, 0.6) is 0 Å². The lowest BCUT2D eigenvalue weighted by Gasteiger charge is -2.11. The highest BCUT2D eigenvalue weighted by molar-refractivity contribution is 5.91. The Morgan fingerprint density at radius 3 is 2.94 bits per heavy atom. The van der Waals surface area contributed by atoms with E-state index in [2.05, 4.69) is 23.6 Å². The van der Waals surface area contributed by atoms with Crippen LogP contribution in [-0.4, -0.2) is 19.0 Å². The largest absolute Gasteiger partial charge is 0.326 e. The second-order valence-corrected chi connectivity index (χ2v) is 4.93. The van der Waals surface area contributed by atoms with Crippen molar-refractivity contribution in [2.45, 2.75) is 26.7 Å². The fourth-order valence-electron chi connectivity index (χ4n) is 2.31. The zero-order chi connectivity index (χ0) is 12.3. The molecule has 1 aliphatic rings. The number of aryl methyl sites for hydroxylation is 2. The number of benzene rings is 1. The summed E-state index contributed by atoms with van der Waals surface area (Å²) in [5, 5.41) is 6.28. The lowest BCUT2D eigenvalue weighted by Crippen LogP contribution is -2.18. The minimum atomic E-state index is 0.130. The summed E-state index contributed by atoms with van der Waals surface area (Å²) >= 11 is 0. The third-order valence-corrected chi connectivity index (χ3v) is 3.29. The van der Waals surface area contributed by atoms with E-state index in [9.17, 15) is 4.79 Å². The molecule has 2 rings (SSSR count). The van der Waals surface area contributed by atoms with Crippen molar-refractivity contribution in [2.75, 3.05) is 18.4 Å². The molecule has 0 bridgehead atoms. The monoisotopic (exact) mass is 232 g/mol. The zero-order valence-electron chi connectivity index (χ0n) is 10.5. The van der Waals surface area contributed by atoms with Gasteiger partial charge in [0, 0.05) is 12.1 Å². The van der Waals surface area contributed by atoms with Gasteiger partial charge in [0.05, 0.1) is 0 Å². The van der Waals surface area contributed by atoms with Gasteiger partial charge in [0.2, 0.25) is 5.91 Å². The third kappa shape index (κ3) is 3.30. The Labute approximate surface area is 103 Å². The van der Waals surface area contributed by atoms with Gasteiger partial charge in [-0.2, -0.15) is 0 Å². The molecule has 1 saturated heterocycles. The van der Waals surface area contributed by atoms with Crippen molar-refractivity contribution in [1.82, 2.24) is 5.32 Å². The smallest absolute Gasteiger partial charge is 0.224 e. The summed E-state index contributed by atoms with van der Waals surface area (Å²) in [6.45, 7) is 6.10. The topological polar surface area (TPSA) is 41.1 Å². The van der Waals surface area contributed by atoms with Crippen molar-refractivity contribution in [3.05, 3.63) is 29.3 Å². The summed E-state index contributed by atoms with van der Waals surface area (Å²) in [7, 11) is 0. The van der Waals surface area contributed by atoms with Gasteiger partial charge in [0.1, 0.15) is 0 Å². The SMILES string of the molecule is Cc1ccc(NC(=O)CC2CCNC2)c(C)c1. The first-order valence-electron chi connectivity index (χ1n) is 6.23. The van der Waals surface area contributed by atoms with E-state index < -0.39 is 0 Å². The lowest BCUT2D eigenvalue weighted by molar-refractivity contribution is -0.116. The third-order valence-electron chi connectivity index (χ3n) is 3.29. The predicted octanol–water partition coefficient (Wildman–Crippen LogP) is 2.24. The van der Waals surface area contributed by atoms with Gasteiger partial charge < -0.3 is 10.6 Å². The van der Waals surface area contributed by atoms with Crippen molar-refractivity contribution < 1.29 is 4.79 Å². The Bertz CT molecular complexity index is 409. The molecular formula is C14H20N2O. The van der Waals surface area contributed by atoms with Gasteiger partial charge in [0.15, 0.2) is 0 Å². The predicted molar refractivity (Wildman–Crippen MR) is 70.1 cm³/mol. The van der Waals surface area contributed by atoms with Crippen LogP contribution in [0.2, 0.25) is 0 Å². The van der Waals surface area contributed by atoms with E-state index in [1.807, 2.05) is 19.1 Å². The van der Waals surface area contributed by atoms with Crippen molar-refractivity contribution in [2.24, 2.45) is 5.92 Å². The van der Waals surface area contributed by atoms with Crippen LogP contribution in [0.1, 0.15) is 24.0 Å². The molecule has 92 valence electrons. The normalized spacial score (nSPS) is 19.3. The Balaban J connectivity index is 1.93. The first-order valence-corrected chi connectivity index (χ1v) is 6.23. The number of nitrogens with one attached hydrogen (secondary N) is 2. The Morgan fingerprint density at radius 2 is 2.29 bits per heavy atom. The fourth-order valence-corrected chi connectivity index (χ4v) is 2.31. The summed E-state index contributed by atoms with van der Waals surface area (Å²) in [6, 6.07) is 6.10. The van der Waals surface area contributed by atoms with Crippen LogP contribution < -0.4 is 10.6 Å². The van der Waals surface area contributed by atoms with E-state index in [4.69, 9.17) is 0 Å². The highest BCUT2D eigenvalue weighted by atomic mass is 16.1. The maximum absolute atomic E-state index is 11.9. The van der Waals surface area contributed by atoms with E-state index in [0.717, 1.165) is 30.8 Å². The quantitative estimate of drug-likeness (QED) is 0.839. The van der Waals surface area contributed by atoms with Crippen molar-refractivity contribution in [3.8, 4) is 0 Å². The van der Waals surface area contributed by atoms with E-state index in [0.29, 0.717) is 12.3 Å². The van der Waals surface area contributed by atoms with Crippen LogP contribution in [0.3, 0.4) is 0 Å². The number of carbonyl (C=O) groups is 1. The number of carbonyl (C=O) groups excluding carboxylic acids is 1. The lowest BCUT2D eigenvalue weighted by atomic mass is 10.0. The highest BCUT2D eigenvalue weighted by Crippen LogP contribution is 2.18. The minimum absolute atomic E-state index is 0.130. The second kappa shape index (κ2) is 5.32. The Morgan fingerprint density at radius 1 is 1.47 bits per heavy atom. The van der Waals surface area contributed by atoms with Gasteiger partial charge in [-0.3, -0.25) is 4.79 Å². The maximum atomic E-state index is 11.9. The second-order valence-electron chi connectivity index (χ2n) is 4.93. The molecule has 17 heavy (non-hydrogen) atoms. The summed E-state index contributed by atoms with van der Waals surface area (Å²) in [6.07, 6.45) is 1.74. The van der Waals surface area contributed by atoms with Crippen molar-refractivity contribution >= 4 is 11.6 Å². The summed E-state index contributed by atoms with van der Waals surface area (Å²) in [4.78, 5) is 11.9. The van der Waals surface area contributed by atoms with Gasteiger partial charge in [-0.05, 0) is 50.9 Å². The average Bonchev–Trinajstić information content (AvgIpc) is 2.75. The first-order chi connectivity index (χ1) is 8.15. The zero-order valence-corrected chi connectivity index (χ0v) is 10.5. The van der Waals surface area contributed by atoms with Gasteiger partial charge in [-0.15, -0.1) is 0 Å². The molecule has 1 heterocycles. The average molecular weight is 232 g/mol. The van der Waals surface area contributed by atoms with Gasteiger partial charge in [-0.1, -0.05) is 17.7 Å². The highest BCUT2D eigenvalue weighted by Gasteiger charge is 2.18. The van der Waals surface area contributed by atoms with Gasteiger partial charge in [-0.25, -0.2) is 0 Å². The molecule has 0 saturated carbocycles. The molecule has 3 heteroatoms. The first kappa shape index (κ1) is 12.1. The molecule has 1 amide bonds. The summed E-state index contributed by atoms with van der Waals surface area (Å²) < 4.78 is 0. The summed E-state index contributed by atoms with van der Waals surface area (Å²) in [5.41, 5.74) is 3.29. The van der Waals surface area contributed by atoms with Gasteiger partial charge in [0.25, 0.3) is 0 Å². The van der Waals surface area contributed by atoms with Crippen molar-refractivity contribution in [1.29, 1.82) is 0 Å². The number of hydrogen-bond donors (Lipinski definition) is 2. The molecule has 1 atom stereocenters. The van der Waals surface area contributed by atoms with E-state index in [-0.39, 0.29) is 5.91 Å². The van der Waals surface area contributed by atoms with Crippen LogP contribution in [0.4, 0.5) is 5.69 Å². The Kier molecular flexibility index (Phi) is 3.79. The molecule has 0 aliphatic carbocycles. The molecule has 0 radical (unpaired) electrons. The van der Waals surface area contributed by atoms with Gasteiger partial charge >= 0.3 is 0 Å². The fraction of sp³-hybridized carbons (Fsp3) is 0.500. The van der Waals surface area contributed by atoms with E-state index in [1.165, 1.54) is 5.56 Å². The molecule has 3 nitrogen and oxygen atoms in total. The molecular weight excluding hydrogens is 212 g/mol. The van der Waals surface area contributed by atoms with E-state index >= 15 is 0 Å². The van der Waals surface area contributed by atoms with Crippen LogP contribution in [0.25, 0.3) is 0 Å². The number of rotatable bonds is 3. The van der Waals surface area contributed by atoms with Crippen LogP contribution >= 0.6 is 0 Å². The maximum Gasteiger partial charge on any atom is 0.224 e. The Hall–Kier alpha value is -1.35. The van der Waals surface area contributed by atoms with Crippen molar-refractivity contribution in [3.63, 3.8) is 0 Å². The van der Waals surface area contributed by atoms with Crippen LogP contribution in [-0.2, 0) is 4.79 Å². The number of anilines is 1. The minimum Gasteiger partial charge on any atom is -0.326 e. The van der Waals surface area contributed by atoms with Crippen LogP contribution in [0.15, 0.2) is 18.2 Å².